The summed E-state index contributed by atoms with van der Waals surface area (Å²) in [7, 11) is 0. The Hall–Kier alpha value is -3.15. The summed E-state index contributed by atoms with van der Waals surface area (Å²) in [5.74, 6) is 0.377. The van der Waals surface area contributed by atoms with E-state index >= 15 is 0 Å². The Labute approximate surface area is 193 Å². The highest BCUT2D eigenvalue weighted by Gasteiger charge is 2.07. The first-order chi connectivity index (χ1) is 15.1. The maximum atomic E-state index is 12.5. The fraction of sp³-hybridized carbons (Fsp3) is 0.0400. The van der Waals surface area contributed by atoms with E-state index < -0.39 is 0 Å². The molecule has 0 heterocycles. The highest BCUT2D eigenvalue weighted by atomic mass is 79.9. The lowest BCUT2D eigenvalue weighted by atomic mass is 10.1. The van der Waals surface area contributed by atoms with Gasteiger partial charge in [0.1, 0.15) is 12.4 Å². The minimum Gasteiger partial charge on any atom is -0.488 e. The zero-order chi connectivity index (χ0) is 21.6. The van der Waals surface area contributed by atoms with Crippen molar-refractivity contribution in [2.45, 2.75) is 6.61 Å². The molecule has 4 aromatic rings. The van der Waals surface area contributed by atoms with E-state index in [-0.39, 0.29) is 5.91 Å². The standard InChI is InChI=1S/C25H18BrClN2O2/c26-22-9-12-24(31-16-17-5-10-23(27)11-6-17)21(14-22)15-28-29-25(30)20-8-7-18-3-1-2-4-19(18)13-20/h1-15H,16H2,(H,29,30)/b28-15-. The molecule has 0 radical (unpaired) electrons. The Bertz CT molecular complexity index is 1260. The Kier molecular flexibility index (Phi) is 6.65. The largest absolute Gasteiger partial charge is 0.488 e. The Morgan fingerprint density at radius 2 is 1.74 bits per heavy atom. The lowest BCUT2D eigenvalue weighted by Gasteiger charge is -2.10. The number of hydrogen-bond donors (Lipinski definition) is 1. The third-order valence-electron chi connectivity index (χ3n) is 4.66. The number of carbonyl (C=O) groups excluding carboxylic acids is 1. The molecule has 0 aliphatic carbocycles. The molecule has 4 rings (SSSR count). The van der Waals surface area contributed by atoms with Gasteiger partial charge in [-0.1, -0.05) is 70.0 Å². The quantitative estimate of drug-likeness (QED) is 0.243. The van der Waals surface area contributed by atoms with Gasteiger partial charge in [-0.25, -0.2) is 5.43 Å². The van der Waals surface area contributed by atoms with Crippen LogP contribution in [0, 0.1) is 0 Å². The number of amides is 1. The highest BCUT2D eigenvalue weighted by Crippen LogP contribution is 2.23. The van der Waals surface area contributed by atoms with Gasteiger partial charge in [0.05, 0.1) is 6.21 Å². The van der Waals surface area contributed by atoms with Crippen molar-refractivity contribution in [3.63, 3.8) is 0 Å². The molecule has 0 bridgehead atoms. The number of hydrazone groups is 1. The Morgan fingerprint density at radius 3 is 2.55 bits per heavy atom. The fourth-order valence-corrected chi connectivity index (χ4v) is 3.55. The second-order valence-corrected chi connectivity index (χ2v) is 8.21. The molecule has 1 amide bonds. The van der Waals surface area contributed by atoms with E-state index in [0.29, 0.717) is 22.9 Å². The lowest BCUT2D eigenvalue weighted by Crippen LogP contribution is -2.17. The minimum absolute atomic E-state index is 0.277. The van der Waals surface area contributed by atoms with Gasteiger partial charge in [-0.05, 0) is 58.8 Å². The molecule has 6 heteroatoms. The van der Waals surface area contributed by atoms with Gasteiger partial charge >= 0.3 is 0 Å². The summed E-state index contributed by atoms with van der Waals surface area (Å²) >= 11 is 9.39. The summed E-state index contributed by atoms with van der Waals surface area (Å²) in [4.78, 5) is 12.5. The molecule has 0 spiro atoms. The van der Waals surface area contributed by atoms with Crippen LogP contribution in [0.25, 0.3) is 10.8 Å². The zero-order valence-corrected chi connectivity index (χ0v) is 18.7. The maximum Gasteiger partial charge on any atom is 0.271 e. The molecule has 0 fully saturated rings. The second kappa shape index (κ2) is 9.77. The molecule has 0 aliphatic heterocycles. The number of rotatable bonds is 6. The van der Waals surface area contributed by atoms with Crippen LogP contribution in [0.1, 0.15) is 21.5 Å². The van der Waals surface area contributed by atoms with Crippen molar-refractivity contribution >= 4 is 50.4 Å². The summed E-state index contributed by atoms with van der Waals surface area (Å²) in [6.45, 7) is 0.392. The summed E-state index contributed by atoms with van der Waals surface area (Å²) < 4.78 is 6.82. The number of nitrogens with one attached hydrogen (secondary N) is 1. The van der Waals surface area contributed by atoms with E-state index in [1.807, 2.05) is 78.9 Å². The monoisotopic (exact) mass is 492 g/mol. The van der Waals surface area contributed by atoms with E-state index in [9.17, 15) is 4.79 Å². The summed E-state index contributed by atoms with van der Waals surface area (Å²) in [6.07, 6.45) is 1.57. The van der Waals surface area contributed by atoms with Crippen LogP contribution in [-0.4, -0.2) is 12.1 Å². The number of halogens is 2. The summed E-state index contributed by atoms with van der Waals surface area (Å²) in [6, 6.07) is 26.6. The van der Waals surface area contributed by atoms with Crippen molar-refractivity contribution in [2.75, 3.05) is 0 Å². The molecule has 0 unspecified atom stereocenters. The first-order valence-corrected chi connectivity index (χ1v) is 10.7. The molecule has 0 saturated carbocycles. The summed E-state index contributed by atoms with van der Waals surface area (Å²) in [5, 5.41) is 6.89. The average molecular weight is 494 g/mol. The SMILES string of the molecule is O=C(N/N=C\c1cc(Br)ccc1OCc1ccc(Cl)cc1)c1ccc2ccccc2c1. The molecular formula is C25H18BrClN2O2. The van der Waals surface area contributed by atoms with Gasteiger partial charge < -0.3 is 4.74 Å². The highest BCUT2D eigenvalue weighted by molar-refractivity contribution is 9.10. The number of carbonyl (C=O) groups is 1. The number of ether oxygens (including phenoxy) is 1. The zero-order valence-electron chi connectivity index (χ0n) is 16.4. The molecule has 0 aliphatic rings. The number of benzene rings is 4. The van der Waals surface area contributed by atoms with E-state index in [2.05, 4.69) is 26.5 Å². The van der Waals surface area contributed by atoms with Crippen molar-refractivity contribution < 1.29 is 9.53 Å². The predicted octanol–water partition coefficient (Wildman–Crippen LogP) is 6.60. The van der Waals surface area contributed by atoms with Gasteiger partial charge in [-0.2, -0.15) is 5.10 Å². The third kappa shape index (κ3) is 5.51. The van der Waals surface area contributed by atoms with Crippen LogP contribution in [0.2, 0.25) is 5.02 Å². The van der Waals surface area contributed by atoms with Crippen molar-refractivity contribution in [2.24, 2.45) is 5.10 Å². The van der Waals surface area contributed by atoms with E-state index in [4.69, 9.17) is 16.3 Å². The van der Waals surface area contributed by atoms with E-state index in [1.165, 1.54) is 0 Å². The molecule has 0 saturated heterocycles. The minimum atomic E-state index is -0.277. The molecule has 1 N–H and O–H groups in total. The van der Waals surface area contributed by atoms with Crippen LogP contribution < -0.4 is 10.2 Å². The third-order valence-corrected chi connectivity index (χ3v) is 5.41. The Morgan fingerprint density at radius 1 is 0.968 bits per heavy atom. The van der Waals surface area contributed by atoms with Crippen molar-refractivity contribution in [3.8, 4) is 5.75 Å². The van der Waals surface area contributed by atoms with Crippen LogP contribution in [0.15, 0.2) is 94.5 Å². The van der Waals surface area contributed by atoms with E-state index in [0.717, 1.165) is 26.4 Å². The van der Waals surface area contributed by atoms with Gasteiger partial charge in [0.15, 0.2) is 0 Å². The van der Waals surface area contributed by atoms with Crippen LogP contribution in [-0.2, 0) is 6.61 Å². The molecule has 31 heavy (non-hydrogen) atoms. The van der Waals surface area contributed by atoms with Gasteiger partial charge in [0.2, 0.25) is 0 Å². The van der Waals surface area contributed by atoms with Crippen molar-refractivity contribution in [1.82, 2.24) is 5.43 Å². The topological polar surface area (TPSA) is 50.7 Å². The molecule has 0 atom stereocenters. The van der Waals surface area contributed by atoms with Gasteiger partial charge in [-0.15, -0.1) is 0 Å². The van der Waals surface area contributed by atoms with E-state index in [1.54, 1.807) is 12.3 Å². The molecule has 154 valence electrons. The van der Waals surface area contributed by atoms with Crippen LogP contribution in [0.4, 0.5) is 0 Å². The van der Waals surface area contributed by atoms with Gasteiger partial charge in [-0.3, -0.25) is 4.79 Å². The predicted molar refractivity (Wildman–Crippen MR) is 129 cm³/mol. The number of fused-ring (bicyclic) bond motifs is 1. The second-order valence-electron chi connectivity index (χ2n) is 6.86. The van der Waals surface area contributed by atoms with Crippen LogP contribution in [0.5, 0.6) is 5.75 Å². The molecule has 4 aromatic carbocycles. The van der Waals surface area contributed by atoms with Crippen LogP contribution in [0.3, 0.4) is 0 Å². The Balaban J connectivity index is 1.45. The molecule has 4 nitrogen and oxygen atoms in total. The number of nitrogens with zero attached hydrogens (tertiary/aromatic N) is 1. The average Bonchev–Trinajstić information content (AvgIpc) is 2.79. The van der Waals surface area contributed by atoms with Crippen molar-refractivity contribution in [3.05, 3.63) is 111 Å². The number of hydrogen-bond acceptors (Lipinski definition) is 3. The first-order valence-electron chi connectivity index (χ1n) is 9.57. The van der Waals surface area contributed by atoms with Gasteiger partial charge in [0.25, 0.3) is 5.91 Å². The van der Waals surface area contributed by atoms with Crippen molar-refractivity contribution in [1.29, 1.82) is 0 Å². The van der Waals surface area contributed by atoms with Gasteiger partial charge in [0, 0.05) is 20.6 Å². The molecule has 0 aromatic heterocycles. The molecular weight excluding hydrogens is 476 g/mol. The maximum absolute atomic E-state index is 12.5. The normalized spacial score (nSPS) is 11.0. The lowest BCUT2D eigenvalue weighted by molar-refractivity contribution is 0.0955. The fourth-order valence-electron chi connectivity index (χ4n) is 3.05. The summed E-state index contributed by atoms with van der Waals surface area (Å²) in [5.41, 5.74) is 4.87. The smallest absolute Gasteiger partial charge is 0.271 e. The first kappa shape index (κ1) is 21.1. The van der Waals surface area contributed by atoms with Crippen LogP contribution >= 0.6 is 27.5 Å².